The summed E-state index contributed by atoms with van der Waals surface area (Å²) in [4.78, 5) is 32.6. The summed E-state index contributed by atoms with van der Waals surface area (Å²) in [5.74, 6) is 0.393. The molecule has 0 aliphatic carbocycles. The molecule has 0 fully saturated rings. The fourth-order valence-electron chi connectivity index (χ4n) is 3.01. The molecule has 0 unspecified atom stereocenters. The lowest BCUT2D eigenvalue weighted by molar-refractivity contribution is -0.383. The van der Waals surface area contributed by atoms with Crippen LogP contribution in [0.5, 0.6) is 0 Å². The number of hydrogen-bond donors (Lipinski definition) is 0. The molecule has 32 heavy (non-hydrogen) atoms. The highest BCUT2D eigenvalue weighted by Gasteiger charge is 2.34. The van der Waals surface area contributed by atoms with Crippen molar-refractivity contribution in [2.24, 2.45) is 0 Å². The third-order valence-corrected chi connectivity index (χ3v) is 5.73. The molecule has 0 aliphatic heterocycles. The van der Waals surface area contributed by atoms with Gasteiger partial charge in [-0.15, -0.1) is 0 Å². The largest absolute Gasteiger partial charge is 0.444 e. The average Bonchev–Trinajstić information content (AvgIpc) is 3.21. The molecule has 0 N–H and O–H groups in total. The molecule has 4 aromatic rings. The molecule has 164 valence electrons. The van der Waals surface area contributed by atoms with E-state index in [1.807, 2.05) is 30.3 Å². The van der Waals surface area contributed by atoms with Crippen LogP contribution in [-0.2, 0) is 12.7 Å². The SMILES string of the molecule is CN(Cc1coc(-c2ccccc2)n1)c1nc(=O)c2cc(C(F)(F)F)cc([N+](=O)[O-])c2s1. The van der Waals surface area contributed by atoms with E-state index in [2.05, 4.69) is 9.97 Å². The molecule has 12 heteroatoms. The predicted octanol–water partition coefficient (Wildman–Crippen LogP) is 4.87. The minimum atomic E-state index is -4.84. The van der Waals surface area contributed by atoms with Gasteiger partial charge in [-0.1, -0.05) is 29.5 Å². The van der Waals surface area contributed by atoms with Crippen LogP contribution in [0.25, 0.3) is 21.5 Å². The number of fused-ring (bicyclic) bond motifs is 1. The number of oxazole rings is 1. The topological polar surface area (TPSA) is 102 Å². The second-order valence-corrected chi connectivity index (χ2v) is 7.77. The summed E-state index contributed by atoms with van der Waals surface area (Å²) in [6.45, 7) is 0.152. The Labute approximate surface area is 181 Å². The molecule has 0 saturated heterocycles. The summed E-state index contributed by atoms with van der Waals surface area (Å²) in [5, 5.41) is 11.0. The van der Waals surface area contributed by atoms with E-state index in [9.17, 15) is 28.1 Å². The first-order chi connectivity index (χ1) is 15.1. The van der Waals surface area contributed by atoms with Crippen molar-refractivity contribution in [1.82, 2.24) is 9.97 Å². The van der Waals surface area contributed by atoms with Crippen LogP contribution < -0.4 is 10.5 Å². The summed E-state index contributed by atoms with van der Waals surface area (Å²) < 4.78 is 44.6. The second-order valence-electron chi connectivity index (χ2n) is 6.79. The Hall–Kier alpha value is -3.80. The van der Waals surface area contributed by atoms with E-state index < -0.39 is 33.3 Å². The highest BCUT2D eigenvalue weighted by Crippen LogP contribution is 2.38. The number of nitro groups is 1. The summed E-state index contributed by atoms with van der Waals surface area (Å²) in [7, 11) is 1.58. The van der Waals surface area contributed by atoms with Crippen molar-refractivity contribution in [2.75, 3.05) is 11.9 Å². The number of nitro benzene ring substituents is 1. The minimum absolute atomic E-state index is 0.0922. The normalized spacial score (nSPS) is 11.6. The van der Waals surface area contributed by atoms with E-state index in [0.29, 0.717) is 23.7 Å². The number of benzene rings is 2. The van der Waals surface area contributed by atoms with E-state index >= 15 is 0 Å². The Morgan fingerprint density at radius 3 is 2.56 bits per heavy atom. The second kappa shape index (κ2) is 8.04. The molecule has 0 aliphatic rings. The third kappa shape index (κ3) is 4.17. The van der Waals surface area contributed by atoms with Gasteiger partial charge < -0.3 is 9.32 Å². The van der Waals surface area contributed by atoms with Gasteiger partial charge in [0.2, 0.25) is 5.89 Å². The lowest BCUT2D eigenvalue weighted by atomic mass is 10.1. The van der Waals surface area contributed by atoms with Crippen LogP contribution in [-0.4, -0.2) is 21.9 Å². The van der Waals surface area contributed by atoms with E-state index in [1.165, 1.54) is 11.2 Å². The lowest BCUT2D eigenvalue weighted by Gasteiger charge is -2.16. The summed E-state index contributed by atoms with van der Waals surface area (Å²) in [6, 6.07) is 10.2. The number of hydrogen-bond acceptors (Lipinski definition) is 8. The first-order valence-corrected chi connectivity index (χ1v) is 9.86. The Morgan fingerprint density at radius 2 is 1.91 bits per heavy atom. The van der Waals surface area contributed by atoms with Gasteiger partial charge in [-0.05, 0) is 18.2 Å². The molecule has 2 aromatic carbocycles. The number of non-ortho nitro benzene ring substituents is 1. The molecule has 0 saturated carbocycles. The molecule has 0 spiro atoms. The number of nitrogens with zero attached hydrogens (tertiary/aromatic N) is 4. The monoisotopic (exact) mass is 462 g/mol. The van der Waals surface area contributed by atoms with Crippen LogP contribution in [0.1, 0.15) is 11.3 Å². The van der Waals surface area contributed by atoms with Crippen molar-refractivity contribution in [3.05, 3.63) is 80.5 Å². The molecule has 2 heterocycles. The Balaban J connectivity index is 1.70. The van der Waals surface area contributed by atoms with Crippen molar-refractivity contribution >= 4 is 32.2 Å². The fourth-order valence-corrected chi connectivity index (χ4v) is 4.03. The molecule has 0 amide bonds. The van der Waals surface area contributed by atoms with Gasteiger partial charge in [0.25, 0.3) is 11.2 Å². The predicted molar refractivity (Wildman–Crippen MR) is 112 cm³/mol. The van der Waals surface area contributed by atoms with Gasteiger partial charge in [0, 0.05) is 18.7 Å². The molecular weight excluding hydrogens is 449 g/mol. The zero-order chi connectivity index (χ0) is 23.0. The summed E-state index contributed by atoms with van der Waals surface area (Å²) >= 11 is 0.753. The van der Waals surface area contributed by atoms with Gasteiger partial charge in [0.15, 0.2) is 5.13 Å². The molecule has 0 bridgehead atoms. The molecule has 0 radical (unpaired) electrons. The van der Waals surface area contributed by atoms with Crippen molar-refractivity contribution in [3.8, 4) is 11.5 Å². The van der Waals surface area contributed by atoms with Gasteiger partial charge in [-0.2, -0.15) is 18.2 Å². The van der Waals surface area contributed by atoms with Crippen molar-refractivity contribution < 1.29 is 22.5 Å². The number of rotatable bonds is 5. The van der Waals surface area contributed by atoms with Crippen LogP contribution in [0.3, 0.4) is 0 Å². The van der Waals surface area contributed by atoms with Crippen LogP contribution in [0.2, 0.25) is 0 Å². The highest BCUT2D eigenvalue weighted by atomic mass is 32.1. The lowest BCUT2D eigenvalue weighted by Crippen LogP contribution is -2.20. The van der Waals surface area contributed by atoms with Crippen molar-refractivity contribution in [3.63, 3.8) is 0 Å². The number of halogens is 3. The fraction of sp³-hybridized carbons (Fsp3) is 0.150. The van der Waals surface area contributed by atoms with E-state index in [1.54, 1.807) is 7.05 Å². The van der Waals surface area contributed by atoms with Crippen LogP contribution >= 0.6 is 11.3 Å². The molecule has 2 aromatic heterocycles. The van der Waals surface area contributed by atoms with Gasteiger partial charge >= 0.3 is 6.18 Å². The first kappa shape index (κ1) is 21.4. The molecule has 0 atom stereocenters. The first-order valence-electron chi connectivity index (χ1n) is 9.05. The van der Waals surface area contributed by atoms with Gasteiger partial charge in [-0.3, -0.25) is 14.9 Å². The zero-order valence-corrected chi connectivity index (χ0v) is 17.1. The number of alkyl halides is 3. The van der Waals surface area contributed by atoms with Crippen LogP contribution in [0, 0.1) is 10.1 Å². The maximum Gasteiger partial charge on any atom is 0.416 e. The zero-order valence-electron chi connectivity index (χ0n) is 16.3. The Morgan fingerprint density at radius 1 is 1.19 bits per heavy atom. The van der Waals surface area contributed by atoms with Crippen molar-refractivity contribution in [1.29, 1.82) is 0 Å². The average molecular weight is 462 g/mol. The molecular formula is C20H13F3N4O4S. The minimum Gasteiger partial charge on any atom is -0.444 e. The van der Waals surface area contributed by atoms with Gasteiger partial charge in [-0.25, -0.2) is 4.98 Å². The summed E-state index contributed by atoms with van der Waals surface area (Å²) in [5.41, 5.74) is -1.79. The Kier molecular flexibility index (Phi) is 5.38. The van der Waals surface area contributed by atoms with Crippen LogP contribution in [0.4, 0.5) is 24.0 Å². The Bertz CT molecular complexity index is 1370. The van der Waals surface area contributed by atoms with E-state index in [4.69, 9.17) is 4.42 Å². The van der Waals surface area contributed by atoms with Gasteiger partial charge in [0.1, 0.15) is 11.0 Å². The third-order valence-electron chi connectivity index (χ3n) is 4.51. The van der Waals surface area contributed by atoms with E-state index in [0.717, 1.165) is 16.9 Å². The van der Waals surface area contributed by atoms with Crippen molar-refractivity contribution in [2.45, 2.75) is 12.7 Å². The quantitative estimate of drug-likeness (QED) is 0.308. The smallest absolute Gasteiger partial charge is 0.416 e. The number of aromatic nitrogens is 2. The summed E-state index contributed by atoms with van der Waals surface area (Å²) in [6.07, 6.45) is -3.41. The molecule has 4 rings (SSSR count). The highest BCUT2D eigenvalue weighted by molar-refractivity contribution is 7.22. The van der Waals surface area contributed by atoms with E-state index in [-0.39, 0.29) is 16.4 Å². The molecule has 8 nitrogen and oxygen atoms in total. The standard InChI is InChI=1S/C20H13F3N4O4S/c1-26(9-13-10-31-18(24-13)11-5-3-2-4-6-11)19-25-17(28)14-7-12(20(21,22)23)8-15(27(29)30)16(14)32-19/h2-8,10H,9H2,1H3. The maximum atomic E-state index is 13.1. The maximum absolute atomic E-state index is 13.1. The van der Waals surface area contributed by atoms with Gasteiger partial charge in [0.05, 0.1) is 28.1 Å². The van der Waals surface area contributed by atoms with Crippen LogP contribution in [0.15, 0.2) is 57.9 Å². The number of anilines is 1.